The number of anilines is 1. The average Bonchev–Trinajstić information content (AvgIpc) is 2.30. The summed E-state index contributed by atoms with van der Waals surface area (Å²) in [7, 11) is 0. The van der Waals surface area contributed by atoms with E-state index in [9.17, 15) is 4.79 Å². The highest BCUT2D eigenvalue weighted by molar-refractivity contribution is 6.30. The van der Waals surface area contributed by atoms with Crippen molar-refractivity contribution < 1.29 is 9.53 Å². The molecule has 1 atom stereocenters. The molecule has 0 saturated carbocycles. The molecule has 16 heavy (non-hydrogen) atoms. The molecule has 6 heteroatoms. The Morgan fingerprint density at radius 3 is 3.25 bits per heavy atom. The summed E-state index contributed by atoms with van der Waals surface area (Å²) >= 11 is 5.78. The highest BCUT2D eigenvalue weighted by Gasteiger charge is 2.21. The molecule has 2 N–H and O–H groups in total. The van der Waals surface area contributed by atoms with E-state index in [0.717, 1.165) is 0 Å². The minimum absolute atomic E-state index is 0.158. The van der Waals surface area contributed by atoms with Gasteiger partial charge in [0.15, 0.2) is 0 Å². The Kier molecular flexibility index (Phi) is 3.71. The van der Waals surface area contributed by atoms with Gasteiger partial charge in [-0.15, -0.1) is 0 Å². The Labute approximate surface area is 98.1 Å². The van der Waals surface area contributed by atoms with E-state index in [1.54, 1.807) is 18.3 Å². The maximum absolute atomic E-state index is 11.7. The number of halogens is 1. The summed E-state index contributed by atoms with van der Waals surface area (Å²) in [4.78, 5) is 15.7. The summed E-state index contributed by atoms with van der Waals surface area (Å²) in [5.41, 5.74) is 0. The third-order valence-corrected chi connectivity index (χ3v) is 2.45. The van der Waals surface area contributed by atoms with Gasteiger partial charge < -0.3 is 15.4 Å². The number of nitrogens with zero attached hydrogens (tertiary/aromatic N) is 1. The SMILES string of the molecule is O=C(Nc1cc(Cl)ccn1)C1COCCN1. The van der Waals surface area contributed by atoms with Crippen molar-refractivity contribution in [1.29, 1.82) is 0 Å². The highest BCUT2D eigenvalue weighted by atomic mass is 35.5. The van der Waals surface area contributed by atoms with Crippen LogP contribution in [-0.2, 0) is 9.53 Å². The Bertz CT molecular complexity index is 380. The predicted molar refractivity (Wildman–Crippen MR) is 60.5 cm³/mol. The summed E-state index contributed by atoms with van der Waals surface area (Å²) in [6.45, 7) is 1.70. The molecule has 1 saturated heterocycles. The van der Waals surface area contributed by atoms with E-state index in [4.69, 9.17) is 16.3 Å². The Morgan fingerprint density at radius 1 is 1.69 bits per heavy atom. The van der Waals surface area contributed by atoms with Gasteiger partial charge in [-0.05, 0) is 12.1 Å². The van der Waals surface area contributed by atoms with Crippen molar-refractivity contribution in [2.75, 3.05) is 25.1 Å². The zero-order valence-electron chi connectivity index (χ0n) is 8.57. The van der Waals surface area contributed by atoms with Crippen LogP contribution in [-0.4, -0.2) is 36.7 Å². The minimum atomic E-state index is -0.325. The predicted octanol–water partition coefficient (Wildman–Crippen LogP) is 0.662. The Morgan fingerprint density at radius 2 is 2.56 bits per heavy atom. The molecule has 1 aliphatic heterocycles. The van der Waals surface area contributed by atoms with Crippen LogP contribution in [0.15, 0.2) is 18.3 Å². The Hall–Kier alpha value is -1.17. The molecule has 2 rings (SSSR count). The quantitative estimate of drug-likeness (QED) is 0.799. The molecular formula is C10H12ClN3O2. The molecule has 1 aromatic heterocycles. The molecule has 0 radical (unpaired) electrons. The molecule has 1 unspecified atom stereocenters. The molecule has 5 nitrogen and oxygen atoms in total. The zero-order chi connectivity index (χ0) is 11.4. The summed E-state index contributed by atoms with van der Waals surface area (Å²) in [6, 6.07) is 2.93. The van der Waals surface area contributed by atoms with Gasteiger partial charge in [0, 0.05) is 17.8 Å². The molecule has 1 fully saturated rings. The first-order valence-corrected chi connectivity index (χ1v) is 5.37. The fourth-order valence-electron chi connectivity index (χ4n) is 1.42. The number of ether oxygens (including phenoxy) is 1. The van der Waals surface area contributed by atoms with Crippen molar-refractivity contribution in [3.05, 3.63) is 23.4 Å². The first-order valence-electron chi connectivity index (χ1n) is 4.99. The molecule has 2 heterocycles. The van der Waals surface area contributed by atoms with Crippen molar-refractivity contribution in [2.45, 2.75) is 6.04 Å². The van der Waals surface area contributed by atoms with E-state index in [1.165, 1.54) is 0 Å². The molecule has 0 aromatic carbocycles. The molecular weight excluding hydrogens is 230 g/mol. The van der Waals surface area contributed by atoms with E-state index in [0.29, 0.717) is 30.6 Å². The smallest absolute Gasteiger partial charge is 0.245 e. The van der Waals surface area contributed by atoms with Crippen LogP contribution >= 0.6 is 11.6 Å². The highest BCUT2D eigenvalue weighted by Crippen LogP contribution is 2.12. The monoisotopic (exact) mass is 241 g/mol. The molecule has 86 valence electrons. The summed E-state index contributed by atoms with van der Waals surface area (Å²) in [5.74, 6) is 0.291. The van der Waals surface area contributed by atoms with Gasteiger partial charge in [-0.3, -0.25) is 4.79 Å². The molecule has 1 aromatic rings. The number of morpholine rings is 1. The van der Waals surface area contributed by atoms with Crippen LogP contribution in [0.5, 0.6) is 0 Å². The molecule has 0 aliphatic carbocycles. The number of carbonyl (C=O) groups is 1. The van der Waals surface area contributed by atoms with Gasteiger partial charge in [0.25, 0.3) is 0 Å². The lowest BCUT2D eigenvalue weighted by molar-refractivity contribution is -0.120. The number of rotatable bonds is 2. The number of hydrogen-bond acceptors (Lipinski definition) is 4. The van der Waals surface area contributed by atoms with Crippen LogP contribution in [0.2, 0.25) is 5.02 Å². The first kappa shape index (κ1) is 11.3. The first-order chi connectivity index (χ1) is 7.75. The minimum Gasteiger partial charge on any atom is -0.378 e. The standard InChI is InChI=1S/C10H12ClN3O2/c11-7-1-2-13-9(5-7)14-10(15)8-6-16-4-3-12-8/h1-2,5,8,12H,3-4,6H2,(H,13,14,15). The topological polar surface area (TPSA) is 63.2 Å². The maximum Gasteiger partial charge on any atom is 0.245 e. The number of pyridine rings is 1. The second-order valence-electron chi connectivity index (χ2n) is 3.43. The normalized spacial score (nSPS) is 20.4. The van der Waals surface area contributed by atoms with Crippen molar-refractivity contribution in [2.24, 2.45) is 0 Å². The van der Waals surface area contributed by atoms with E-state index in [2.05, 4.69) is 15.6 Å². The van der Waals surface area contributed by atoms with Crippen LogP contribution in [0, 0.1) is 0 Å². The summed E-state index contributed by atoms with van der Waals surface area (Å²) < 4.78 is 5.19. The van der Waals surface area contributed by atoms with E-state index >= 15 is 0 Å². The summed E-state index contributed by atoms with van der Waals surface area (Å²) in [5, 5.41) is 6.27. The third kappa shape index (κ3) is 2.91. The van der Waals surface area contributed by atoms with Crippen LogP contribution < -0.4 is 10.6 Å². The van der Waals surface area contributed by atoms with Gasteiger partial charge in [0.2, 0.25) is 5.91 Å². The van der Waals surface area contributed by atoms with Gasteiger partial charge in [0.1, 0.15) is 11.9 Å². The Balaban J connectivity index is 1.96. The molecule has 0 bridgehead atoms. The lowest BCUT2D eigenvalue weighted by atomic mass is 10.2. The van der Waals surface area contributed by atoms with E-state index in [1.807, 2.05) is 0 Å². The average molecular weight is 242 g/mol. The summed E-state index contributed by atoms with van der Waals surface area (Å²) in [6.07, 6.45) is 1.54. The van der Waals surface area contributed by atoms with Crippen LogP contribution in [0.3, 0.4) is 0 Å². The van der Waals surface area contributed by atoms with Crippen molar-refractivity contribution >= 4 is 23.3 Å². The van der Waals surface area contributed by atoms with Gasteiger partial charge in [-0.25, -0.2) is 4.98 Å². The number of hydrogen-bond donors (Lipinski definition) is 2. The fourth-order valence-corrected chi connectivity index (χ4v) is 1.58. The molecule has 1 aliphatic rings. The number of amides is 1. The van der Waals surface area contributed by atoms with E-state index in [-0.39, 0.29) is 11.9 Å². The third-order valence-electron chi connectivity index (χ3n) is 2.21. The number of nitrogens with one attached hydrogen (secondary N) is 2. The van der Waals surface area contributed by atoms with Gasteiger partial charge in [-0.1, -0.05) is 11.6 Å². The van der Waals surface area contributed by atoms with E-state index < -0.39 is 0 Å². The van der Waals surface area contributed by atoms with Crippen LogP contribution in [0.4, 0.5) is 5.82 Å². The van der Waals surface area contributed by atoms with Crippen LogP contribution in [0.1, 0.15) is 0 Å². The lowest BCUT2D eigenvalue weighted by Gasteiger charge is -2.22. The van der Waals surface area contributed by atoms with Gasteiger partial charge in [0.05, 0.1) is 13.2 Å². The second-order valence-corrected chi connectivity index (χ2v) is 3.87. The lowest BCUT2D eigenvalue weighted by Crippen LogP contribution is -2.48. The van der Waals surface area contributed by atoms with Crippen molar-refractivity contribution in [1.82, 2.24) is 10.3 Å². The van der Waals surface area contributed by atoms with Gasteiger partial charge >= 0.3 is 0 Å². The van der Waals surface area contributed by atoms with Gasteiger partial charge in [-0.2, -0.15) is 0 Å². The fraction of sp³-hybridized carbons (Fsp3) is 0.400. The number of carbonyl (C=O) groups excluding carboxylic acids is 1. The van der Waals surface area contributed by atoms with Crippen molar-refractivity contribution in [3.63, 3.8) is 0 Å². The number of aromatic nitrogens is 1. The van der Waals surface area contributed by atoms with Crippen molar-refractivity contribution in [3.8, 4) is 0 Å². The zero-order valence-corrected chi connectivity index (χ0v) is 9.33. The largest absolute Gasteiger partial charge is 0.378 e. The molecule has 0 spiro atoms. The molecule has 1 amide bonds. The second kappa shape index (κ2) is 5.25. The maximum atomic E-state index is 11.7. The van der Waals surface area contributed by atoms with Crippen LogP contribution in [0.25, 0.3) is 0 Å².